The molecule has 0 atom stereocenters. The second kappa shape index (κ2) is 10.1. The Hall–Kier alpha value is -3.60. The molecule has 0 radical (unpaired) electrons. The quantitative estimate of drug-likeness (QED) is 0.575. The Bertz CT molecular complexity index is 936. The third-order valence-corrected chi connectivity index (χ3v) is 4.53. The van der Waals surface area contributed by atoms with Crippen LogP contribution in [0.5, 0.6) is 5.75 Å². The minimum Gasteiger partial charge on any atom is -0.497 e. The molecule has 0 aliphatic carbocycles. The van der Waals surface area contributed by atoms with Gasteiger partial charge in [0.1, 0.15) is 5.75 Å². The summed E-state index contributed by atoms with van der Waals surface area (Å²) in [7, 11) is 1.58. The normalized spacial score (nSPS) is 10.2. The predicted octanol–water partition coefficient (Wildman–Crippen LogP) is 3.91. The van der Waals surface area contributed by atoms with Crippen LogP contribution < -0.4 is 15.4 Å². The lowest BCUT2D eigenvalue weighted by atomic mass is 10.0. The van der Waals surface area contributed by atoms with Crippen molar-refractivity contribution in [3.05, 3.63) is 90.0 Å². The Kier molecular flexibility index (Phi) is 7.00. The molecule has 0 aromatic heterocycles. The minimum absolute atomic E-state index is 0.119. The Balaban J connectivity index is 1.40. The molecule has 2 N–H and O–H groups in total. The standard InChI is InChI=1S/C24H24N2O3/c1-29-22-14-12-21(13-15-22)24(28)26-17-5-16-25-23(27)20-10-8-19(9-11-20)18-6-3-2-4-7-18/h2-4,6-15H,5,16-17H2,1H3,(H,25,27)(H,26,28). The van der Waals surface area contributed by atoms with Crippen molar-refractivity contribution in [3.8, 4) is 16.9 Å². The molecule has 0 aliphatic heterocycles. The van der Waals surface area contributed by atoms with Crippen molar-refractivity contribution in [3.63, 3.8) is 0 Å². The van der Waals surface area contributed by atoms with Gasteiger partial charge < -0.3 is 15.4 Å². The van der Waals surface area contributed by atoms with Crippen LogP contribution in [0, 0.1) is 0 Å². The molecule has 0 aliphatic rings. The van der Waals surface area contributed by atoms with Crippen LogP contribution in [0.15, 0.2) is 78.9 Å². The summed E-state index contributed by atoms with van der Waals surface area (Å²) >= 11 is 0. The molecule has 3 aromatic rings. The Morgan fingerprint density at radius 2 is 1.17 bits per heavy atom. The highest BCUT2D eigenvalue weighted by Gasteiger charge is 2.07. The number of ether oxygens (including phenoxy) is 1. The summed E-state index contributed by atoms with van der Waals surface area (Å²) in [4.78, 5) is 24.3. The molecule has 148 valence electrons. The van der Waals surface area contributed by atoms with Gasteiger partial charge in [-0.05, 0) is 53.9 Å². The summed E-state index contributed by atoms with van der Waals surface area (Å²) in [6.07, 6.45) is 0.649. The highest BCUT2D eigenvalue weighted by molar-refractivity contribution is 5.95. The molecule has 0 bridgehead atoms. The van der Waals surface area contributed by atoms with Crippen LogP contribution in [0.3, 0.4) is 0 Å². The average molecular weight is 388 g/mol. The number of hydrogen-bond donors (Lipinski definition) is 2. The van der Waals surface area contributed by atoms with Gasteiger partial charge in [0.2, 0.25) is 0 Å². The second-order valence-electron chi connectivity index (χ2n) is 6.54. The fraction of sp³-hybridized carbons (Fsp3) is 0.167. The van der Waals surface area contributed by atoms with Gasteiger partial charge in [-0.3, -0.25) is 9.59 Å². The molecular weight excluding hydrogens is 364 g/mol. The van der Waals surface area contributed by atoms with E-state index in [1.165, 1.54) is 0 Å². The van der Waals surface area contributed by atoms with Crippen molar-refractivity contribution < 1.29 is 14.3 Å². The van der Waals surface area contributed by atoms with E-state index in [0.29, 0.717) is 36.4 Å². The molecule has 2 amide bonds. The summed E-state index contributed by atoms with van der Waals surface area (Å²) in [6.45, 7) is 0.972. The van der Waals surface area contributed by atoms with Crippen molar-refractivity contribution >= 4 is 11.8 Å². The van der Waals surface area contributed by atoms with Gasteiger partial charge in [-0.2, -0.15) is 0 Å². The summed E-state index contributed by atoms with van der Waals surface area (Å²) in [5.74, 6) is 0.447. The highest BCUT2D eigenvalue weighted by atomic mass is 16.5. The maximum atomic E-state index is 12.3. The first-order valence-corrected chi connectivity index (χ1v) is 9.53. The maximum Gasteiger partial charge on any atom is 0.251 e. The average Bonchev–Trinajstić information content (AvgIpc) is 2.79. The second-order valence-corrected chi connectivity index (χ2v) is 6.54. The number of nitrogens with one attached hydrogen (secondary N) is 2. The van der Waals surface area contributed by atoms with Crippen molar-refractivity contribution in [1.82, 2.24) is 10.6 Å². The number of carbonyl (C=O) groups is 2. The molecule has 5 heteroatoms. The molecule has 0 fully saturated rings. The summed E-state index contributed by atoms with van der Waals surface area (Å²) in [5, 5.41) is 5.72. The highest BCUT2D eigenvalue weighted by Crippen LogP contribution is 2.19. The van der Waals surface area contributed by atoms with Crippen LogP contribution in [0.25, 0.3) is 11.1 Å². The lowest BCUT2D eigenvalue weighted by Crippen LogP contribution is -2.29. The molecule has 0 saturated carbocycles. The molecule has 29 heavy (non-hydrogen) atoms. The van der Waals surface area contributed by atoms with Crippen molar-refractivity contribution in [2.24, 2.45) is 0 Å². The van der Waals surface area contributed by atoms with Gasteiger partial charge in [0, 0.05) is 24.2 Å². The summed E-state index contributed by atoms with van der Waals surface area (Å²) in [5.41, 5.74) is 3.38. The maximum absolute atomic E-state index is 12.3. The number of hydrogen-bond acceptors (Lipinski definition) is 3. The molecule has 0 heterocycles. The first kappa shape index (κ1) is 20.1. The van der Waals surface area contributed by atoms with E-state index >= 15 is 0 Å². The first-order chi connectivity index (χ1) is 14.2. The van der Waals surface area contributed by atoms with Crippen LogP contribution in [-0.2, 0) is 0 Å². The predicted molar refractivity (Wildman–Crippen MR) is 114 cm³/mol. The van der Waals surface area contributed by atoms with Crippen molar-refractivity contribution in [2.45, 2.75) is 6.42 Å². The Morgan fingerprint density at radius 3 is 1.69 bits per heavy atom. The molecule has 3 rings (SSSR count). The monoisotopic (exact) mass is 388 g/mol. The van der Waals surface area contributed by atoms with Crippen LogP contribution in [0.2, 0.25) is 0 Å². The molecule has 0 spiro atoms. The van der Waals surface area contributed by atoms with Gasteiger partial charge in [-0.15, -0.1) is 0 Å². The van der Waals surface area contributed by atoms with Crippen LogP contribution in [0.4, 0.5) is 0 Å². The number of carbonyl (C=O) groups excluding carboxylic acids is 2. The lowest BCUT2D eigenvalue weighted by Gasteiger charge is -2.08. The van der Waals surface area contributed by atoms with Crippen molar-refractivity contribution in [1.29, 1.82) is 0 Å². The molecular formula is C24H24N2O3. The lowest BCUT2D eigenvalue weighted by molar-refractivity contribution is 0.0952. The largest absolute Gasteiger partial charge is 0.497 e. The first-order valence-electron chi connectivity index (χ1n) is 9.53. The van der Waals surface area contributed by atoms with Gasteiger partial charge >= 0.3 is 0 Å². The fourth-order valence-electron chi connectivity index (χ4n) is 2.88. The molecule has 0 saturated heterocycles. The number of amides is 2. The summed E-state index contributed by atoms with van der Waals surface area (Å²) in [6, 6.07) is 24.5. The smallest absolute Gasteiger partial charge is 0.251 e. The Labute approximate surface area is 170 Å². The van der Waals surface area contributed by atoms with Gasteiger partial charge in [0.25, 0.3) is 11.8 Å². The molecule has 0 unspecified atom stereocenters. The Morgan fingerprint density at radius 1 is 0.690 bits per heavy atom. The number of benzene rings is 3. The van der Waals surface area contributed by atoms with E-state index in [1.54, 1.807) is 31.4 Å². The topological polar surface area (TPSA) is 67.4 Å². The SMILES string of the molecule is COc1ccc(C(=O)NCCCNC(=O)c2ccc(-c3ccccc3)cc2)cc1. The zero-order valence-corrected chi connectivity index (χ0v) is 16.4. The van der Waals surface area contributed by atoms with Gasteiger partial charge in [-0.1, -0.05) is 42.5 Å². The van der Waals surface area contributed by atoms with E-state index in [9.17, 15) is 9.59 Å². The van der Waals surface area contributed by atoms with Crippen LogP contribution in [0.1, 0.15) is 27.1 Å². The number of rotatable bonds is 8. The molecule has 3 aromatic carbocycles. The van der Waals surface area contributed by atoms with Gasteiger partial charge in [0.05, 0.1) is 7.11 Å². The third-order valence-electron chi connectivity index (χ3n) is 4.53. The van der Waals surface area contributed by atoms with E-state index in [1.807, 2.05) is 54.6 Å². The van der Waals surface area contributed by atoms with Gasteiger partial charge in [-0.25, -0.2) is 0 Å². The fourth-order valence-corrected chi connectivity index (χ4v) is 2.88. The minimum atomic E-state index is -0.143. The zero-order chi connectivity index (χ0) is 20.5. The zero-order valence-electron chi connectivity index (χ0n) is 16.4. The van der Waals surface area contributed by atoms with E-state index in [-0.39, 0.29) is 11.8 Å². The van der Waals surface area contributed by atoms with Crippen molar-refractivity contribution in [2.75, 3.05) is 20.2 Å². The van der Waals surface area contributed by atoms with Crippen LogP contribution >= 0.6 is 0 Å². The van der Waals surface area contributed by atoms with E-state index in [0.717, 1.165) is 11.1 Å². The van der Waals surface area contributed by atoms with E-state index in [4.69, 9.17) is 4.74 Å². The molecule has 5 nitrogen and oxygen atoms in total. The van der Waals surface area contributed by atoms with E-state index < -0.39 is 0 Å². The van der Waals surface area contributed by atoms with Gasteiger partial charge in [0.15, 0.2) is 0 Å². The number of methoxy groups -OCH3 is 1. The van der Waals surface area contributed by atoms with Crippen LogP contribution in [-0.4, -0.2) is 32.0 Å². The van der Waals surface area contributed by atoms with E-state index in [2.05, 4.69) is 10.6 Å². The summed E-state index contributed by atoms with van der Waals surface area (Å²) < 4.78 is 5.08. The third kappa shape index (κ3) is 5.69.